The summed E-state index contributed by atoms with van der Waals surface area (Å²) in [5.74, 6) is 3.51. The molecule has 0 aliphatic heterocycles. The van der Waals surface area contributed by atoms with Gasteiger partial charge in [0.25, 0.3) is 0 Å². The molecule has 3 aromatic rings. The van der Waals surface area contributed by atoms with Gasteiger partial charge in [-0.1, -0.05) is 62.7 Å². The molecule has 1 heterocycles. The van der Waals surface area contributed by atoms with Crippen LogP contribution in [0.15, 0.2) is 55.1 Å². The Bertz CT molecular complexity index is 1090. The summed E-state index contributed by atoms with van der Waals surface area (Å²) in [5.41, 5.74) is 3.00. The van der Waals surface area contributed by atoms with Crippen LogP contribution in [-0.4, -0.2) is 36.4 Å². The SMILES string of the molecule is C=Cc1nc(N(C)C)c2ccccc2n1.CC(=O)c1ccc(CNCC2CCC(C)CC2)cc1.[HH]. The van der Waals surface area contributed by atoms with E-state index in [1.807, 2.05) is 67.5 Å². The number of aromatic nitrogens is 2. The average molecular weight is 461 g/mol. The van der Waals surface area contributed by atoms with E-state index in [4.69, 9.17) is 0 Å². The van der Waals surface area contributed by atoms with Gasteiger partial charge in [-0.05, 0) is 61.9 Å². The minimum Gasteiger partial charge on any atom is -0.362 e. The second-order valence-corrected chi connectivity index (χ2v) is 9.53. The van der Waals surface area contributed by atoms with E-state index in [9.17, 15) is 4.79 Å². The summed E-state index contributed by atoms with van der Waals surface area (Å²) in [6.45, 7) is 9.70. The molecule has 2 aromatic carbocycles. The molecule has 5 heteroatoms. The molecular weight excluding hydrogens is 420 g/mol. The summed E-state index contributed by atoms with van der Waals surface area (Å²) in [4.78, 5) is 22.0. The normalized spacial score (nSPS) is 17.5. The highest BCUT2D eigenvalue weighted by Crippen LogP contribution is 2.27. The zero-order chi connectivity index (χ0) is 24.5. The lowest BCUT2D eigenvalue weighted by Gasteiger charge is -2.26. The Hall–Kier alpha value is -3.05. The molecule has 0 spiro atoms. The Labute approximate surface area is 205 Å². The van der Waals surface area contributed by atoms with Gasteiger partial charge in [-0.15, -0.1) is 0 Å². The number of nitrogens with zero attached hydrogens (tertiary/aromatic N) is 3. The van der Waals surface area contributed by atoms with Crippen molar-refractivity contribution in [3.8, 4) is 0 Å². The summed E-state index contributed by atoms with van der Waals surface area (Å²) >= 11 is 0. The largest absolute Gasteiger partial charge is 0.362 e. The van der Waals surface area contributed by atoms with Crippen molar-refractivity contribution in [2.45, 2.75) is 46.1 Å². The molecule has 0 atom stereocenters. The number of nitrogens with one attached hydrogen (secondary N) is 1. The van der Waals surface area contributed by atoms with Crippen molar-refractivity contribution in [3.63, 3.8) is 0 Å². The lowest BCUT2D eigenvalue weighted by molar-refractivity contribution is 0.101. The third kappa shape index (κ3) is 7.22. The second-order valence-electron chi connectivity index (χ2n) is 9.53. The van der Waals surface area contributed by atoms with Gasteiger partial charge in [-0.3, -0.25) is 4.79 Å². The zero-order valence-corrected chi connectivity index (χ0v) is 21.1. The van der Waals surface area contributed by atoms with Crippen molar-refractivity contribution in [2.75, 3.05) is 25.5 Å². The number of anilines is 1. The third-order valence-electron chi connectivity index (χ3n) is 6.46. The van der Waals surface area contributed by atoms with Crippen molar-refractivity contribution >= 4 is 28.6 Å². The molecule has 182 valence electrons. The molecule has 1 aromatic heterocycles. The Morgan fingerprint density at radius 1 is 1.09 bits per heavy atom. The number of carbonyl (C=O) groups excluding carboxylic acids is 1. The molecule has 1 aliphatic rings. The summed E-state index contributed by atoms with van der Waals surface area (Å²) in [6.07, 6.45) is 7.19. The molecular formula is C29H40N4O. The average Bonchev–Trinajstić information content (AvgIpc) is 2.85. The molecule has 1 saturated carbocycles. The van der Waals surface area contributed by atoms with Crippen molar-refractivity contribution in [1.29, 1.82) is 0 Å². The number of para-hydroxylation sites is 1. The number of benzene rings is 2. The molecule has 0 bridgehead atoms. The van der Waals surface area contributed by atoms with Crippen LogP contribution in [0.2, 0.25) is 0 Å². The maximum atomic E-state index is 11.2. The Balaban J connectivity index is 0.000000246. The van der Waals surface area contributed by atoms with Crippen LogP contribution >= 0.6 is 0 Å². The van der Waals surface area contributed by atoms with Gasteiger partial charge < -0.3 is 10.2 Å². The molecule has 0 unspecified atom stereocenters. The summed E-state index contributed by atoms with van der Waals surface area (Å²) in [6, 6.07) is 15.9. The molecule has 0 radical (unpaired) electrons. The molecule has 1 N–H and O–H groups in total. The van der Waals surface area contributed by atoms with Crippen molar-refractivity contribution in [2.24, 2.45) is 11.8 Å². The topological polar surface area (TPSA) is 58.1 Å². The maximum absolute atomic E-state index is 11.2. The molecule has 0 amide bonds. The van der Waals surface area contributed by atoms with E-state index >= 15 is 0 Å². The molecule has 4 rings (SSSR count). The molecule has 5 nitrogen and oxygen atoms in total. The highest BCUT2D eigenvalue weighted by atomic mass is 16.1. The Morgan fingerprint density at radius 2 is 1.76 bits per heavy atom. The Morgan fingerprint density at radius 3 is 2.38 bits per heavy atom. The summed E-state index contributed by atoms with van der Waals surface area (Å²) in [7, 11) is 3.95. The maximum Gasteiger partial charge on any atom is 0.159 e. The fourth-order valence-electron chi connectivity index (χ4n) is 4.32. The molecule has 0 saturated heterocycles. The van der Waals surface area contributed by atoms with Gasteiger partial charge in [0.05, 0.1) is 5.52 Å². The van der Waals surface area contributed by atoms with Gasteiger partial charge in [-0.2, -0.15) is 0 Å². The zero-order valence-electron chi connectivity index (χ0n) is 21.1. The molecule has 1 fully saturated rings. The van der Waals surface area contributed by atoms with Crippen LogP contribution < -0.4 is 10.2 Å². The van der Waals surface area contributed by atoms with Crippen molar-refractivity contribution in [1.82, 2.24) is 15.3 Å². The Kier molecular flexibility index (Phi) is 9.34. The minimum absolute atomic E-state index is 0. The fraction of sp³-hybridized carbons (Fsp3) is 0.414. The second kappa shape index (κ2) is 12.4. The van der Waals surface area contributed by atoms with E-state index in [1.54, 1.807) is 13.0 Å². The van der Waals surface area contributed by atoms with Crippen LogP contribution in [0.25, 0.3) is 17.0 Å². The number of ketones is 1. The van der Waals surface area contributed by atoms with Gasteiger partial charge >= 0.3 is 0 Å². The number of hydrogen-bond acceptors (Lipinski definition) is 5. The highest BCUT2D eigenvalue weighted by Gasteiger charge is 2.17. The predicted octanol–water partition coefficient (Wildman–Crippen LogP) is 6.39. The van der Waals surface area contributed by atoms with Crippen LogP contribution in [0, 0.1) is 11.8 Å². The van der Waals surface area contributed by atoms with Gasteiger partial charge in [0.1, 0.15) is 5.82 Å². The first kappa shape index (κ1) is 25.6. The smallest absolute Gasteiger partial charge is 0.159 e. The van der Waals surface area contributed by atoms with Gasteiger partial charge in [0.15, 0.2) is 11.6 Å². The van der Waals surface area contributed by atoms with E-state index in [2.05, 4.69) is 28.8 Å². The van der Waals surface area contributed by atoms with Gasteiger partial charge in [-0.25, -0.2) is 9.97 Å². The minimum atomic E-state index is 0. The first-order valence-electron chi connectivity index (χ1n) is 12.2. The predicted molar refractivity (Wildman–Crippen MR) is 145 cm³/mol. The standard InChI is InChI=1S/C17H25NO.C12H13N3.H2/c1-13-3-5-15(6-4-13)11-18-12-16-7-9-17(10-8-16)14(2)19;1-4-11-13-10-8-6-5-7-9(10)12(14-11)15(2)3;/h7-10,13,15,18H,3-6,11-12H2,1-2H3;4-8H,1H2,2-3H3;1H. The number of rotatable bonds is 7. The van der Waals surface area contributed by atoms with Crippen LogP contribution in [0.3, 0.4) is 0 Å². The van der Waals surface area contributed by atoms with Crippen molar-refractivity contribution in [3.05, 3.63) is 72.1 Å². The lowest BCUT2D eigenvalue weighted by atomic mass is 9.83. The number of hydrogen-bond donors (Lipinski definition) is 1. The first-order valence-corrected chi connectivity index (χ1v) is 12.2. The van der Waals surface area contributed by atoms with Gasteiger partial charge in [0.2, 0.25) is 0 Å². The fourth-order valence-corrected chi connectivity index (χ4v) is 4.32. The summed E-state index contributed by atoms with van der Waals surface area (Å²) < 4.78 is 0. The van der Waals surface area contributed by atoms with Gasteiger partial charge in [0, 0.05) is 33.0 Å². The summed E-state index contributed by atoms with van der Waals surface area (Å²) in [5, 5.41) is 4.61. The van der Waals surface area contributed by atoms with E-state index in [1.165, 1.54) is 31.2 Å². The number of fused-ring (bicyclic) bond motifs is 1. The van der Waals surface area contributed by atoms with E-state index in [0.717, 1.165) is 47.2 Å². The molecule has 1 aliphatic carbocycles. The van der Waals surface area contributed by atoms with Crippen LogP contribution in [0.1, 0.15) is 62.7 Å². The number of Topliss-reactive ketones (excluding diaryl/α,β-unsaturated/α-hetero) is 1. The van der Waals surface area contributed by atoms with Crippen molar-refractivity contribution < 1.29 is 6.22 Å². The van der Waals surface area contributed by atoms with Crippen LogP contribution in [0.4, 0.5) is 5.82 Å². The molecule has 34 heavy (non-hydrogen) atoms. The number of carbonyl (C=O) groups is 1. The quantitative estimate of drug-likeness (QED) is 0.414. The monoisotopic (exact) mass is 460 g/mol. The highest BCUT2D eigenvalue weighted by molar-refractivity contribution is 5.94. The van der Waals surface area contributed by atoms with E-state index in [0.29, 0.717) is 5.82 Å². The van der Waals surface area contributed by atoms with Crippen LogP contribution in [0.5, 0.6) is 0 Å². The third-order valence-corrected chi connectivity index (χ3v) is 6.46. The van der Waals surface area contributed by atoms with Crippen LogP contribution in [-0.2, 0) is 6.54 Å². The first-order chi connectivity index (χ1) is 16.4. The van der Waals surface area contributed by atoms with E-state index < -0.39 is 0 Å². The lowest BCUT2D eigenvalue weighted by Crippen LogP contribution is -2.25. The van der Waals surface area contributed by atoms with E-state index in [-0.39, 0.29) is 7.21 Å².